The molecule has 0 amide bonds. The first-order valence-corrected chi connectivity index (χ1v) is 6.46. The van der Waals surface area contributed by atoms with Crippen molar-refractivity contribution in [3.8, 4) is 5.75 Å². The van der Waals surface area contributed by atoms with Crippen molar-refractivity contribution in [2.75, 3.05) is 14.2 Å². The highest BCUT2D eigenvalue weighted by atomic mass is 16.5. The second-order valence-corrected chi connectivity index (χ2v) is 4.54. The first-order chi connectivity index (χ1) is 10.6. The molecule has 2 heterocycles. The van der Waals surface area contributed by atoms with Gasteiger partial charge in [-0.15, -0.1) is 0 Å². The molecule has 0 N–H and O–H groups in total. The lowest BCUT2D eigenvalue weighted by Crippen LogP contribution is -2.16. The van der Waals surface area contributed by atoms with E-state index in [1.807, 2.05) is 0 Å². The summed E-state index contributed by atoms with van der Waals surface area (Å²) in [6.07, 6.45) is 1.36. The Kier molecular flexibility index (Phi) is 3.46. The summed E-state index contributed by atoms with van der Waals surface area (Å²) in [5.41, 5.74) is 0.341. The smallest absolute Gasteiger partial charge is 0.341 e. The molecular weight excluding hydrogens is 290 g/mol. The Balaban J connectivity index is 2.01. The monoisotopic (exact) mass is 303 g/mol. The van der Waals surface area contributed by atoms with Crippen LogP contribution in [0.4, 0.5) is 0 Å². The number of ether oxygens (including phenoxy) is 2. The summed E-state index contributed by atoms with van der Waals surface area (Å²) >= 11 is 0. The maximum Gasteiger partial charge on any atom is 0.341 e. The topological polar surface area (TPSA) is 83.8 Å². The average Bonchev–Trinajstić information content (AvgIpc) is 3.12. The van der Waals surface area contributed by atoms with Crippen molar-refractivity contribution in [2.24, 2.45) is 0 Å². The van der Waals surface area contributed by atoms with E-state index in [9.17, 15) is 9.59 Å². The van der Waals surface area contributed by atoms with Crippen LogP contribution in [-0.2, 0) is 11.3 Å². The number of carbonyl (C=O) groups is 1. The molecule has 22 heavy (non-hydrogen) atoms. The van der Waals surface area contributed by atoms with Crippen molar-refractivity contribution in [2.45, 2.75) is 6.54 Å². The maximum atomic E-state index is 12.3. The van der Waals surface area contributed by atoms with E-state index in [2.05, 4.69) is 4.74 Å². The molecule has 0 saturated carbocycles. The number of furan rings is 1. The van der Waals surface area contributed by atoms with E-state index in [1.165, 1.54) is 26.5 Å². The van der Waals surface area contributed by atoms with E-state index >= 15 is 0 Å². The van der Waals surface area contributed by atoms with Crippen LogP contribution in [0.25, 0.3) is 11.0 Å². The van der Waals surface area contributed by atoms with Crippen molar-refractivity contribution >= 4 is 16.9 Å². The van der Waals surface area contributed by atoms with Gasteiger partial charge in [0.25, 0.3) is 5.56 Å². The van der Waals surface area contributed by atoms with Gasteiger partial charge in [-0.1, -0.05) is 0 Å². The van der Waals surface area contributed by atoms with Gasteiger partial charge >= 0.3 is 5.97 Å². The van der Waals surface area contributed by atoms with Crippen molar-refractivity contribution in [3.05, 3.63) is 52.2 Å². The predicted molar refractivity (Wildman–Crippen MR) is 76.2 cm³/mol. The Bertz CT molecular complexity index is 885. The summed E-state index contributed by atoms with van der Waals surface area (Å²) in [7, 11) is 2.81. The number of carbonyl (C=O) groups excluding carboxylic acids is 1. The van der Waals surface area contributed by atoms with Gasteiger partial charge in [0, 0.05) is 6.07 Å². The highest BCUT2D eigenvalue weighted by molar-refractivity contribution is 5.90. The van der Waals surface area contributed by atoms with Crippen LogP contribution in [0.15, 0.2) is 44.3 Å². The molecule has 1 aromatic carbocycles. The number of hydrogen-bond donors (Lipinski definition) is 0. The highest BCUT2D eigenvalue weighted by Crippen LogP contribution is 2.20. The summed E-state index contributed by atoms with van der Waals surface area (Å²) in [5, 5.41) is 0.423. The molecule has 7 heteroatoms. The number of rotatable bonds is 4. The number of hydrogen-bond acceptors (Lipinski definition) is 6. The number of fused-ring (bicyclic) bond motifs is 1. The van der Waals surface area contributed by atoms with Gasteiger partial charge in [-0.05, 0) is 18.2 Å². The zero-order valence-electron chi connectivity index (χ0n) is 12.0. The molecule has 0 aliphatic carbocycles. The van der Waals surface area contributed by atoms with E-state index in [1.54, 1.807) is 18.2 Å². The molecule has 7 nitrogen and oxygen atoms in total. The third-order valence-corrected chi connectivity index (χ3v) is 3.29. The molecule has 3 rings (SSSR count). The molecule has 0 bridgehead atoms. The molecule has 114 valence electrons. The molecule has 3 aromatic rings. The standard InChI is InChI=1S/C15H13NO6/c1-19-9-3-4-10-12(7-9)22-16(14(10)17)8-13-11(5-6-21-13)15(18)20-2/h3-7H,8H2,1-2H3. The lowest BCUT2D eigenvalue weighted by Gasteiger charge is -2.00. The minimum absolute atomic E-state index is 0.00668. The fourth-order valence-electron chi connectivity index (χ4n) is 2.17. The molecule has 0 fully saturated rings. The van der Waals surface area contributed by atoms with Gasteiger partial charge in [-0.3, -0.25) is 4.79 Å². The first kappa shape index (κ1) is 14.0. The van der Waals surface area contributed by atoms with Gasteiger partial charge in [0.2, 0.25) is 0 Å². The highest BCUT2D eigenvalue weighted by Gasteiger charge is 2.18. The predicted octanol–water partition coefficient (Wildman–Crippen LogP) is 2.03. The number of benzene rings is 1. The molecule has 0 unspecified atom stereocenters. The summed E-state index contributed by atoms with van der Waals surface area (Å²) < 4.78 is 21.6. The van der Waals surface area contributed by atoms with Gasteiger partial charge in [-0.25, -0.2) is 4.79 Å². The van der Waals surface area contributed by atoms with Crippen LogP contribution in [0.2, 0.25) is 0 Å². The van der Waals surface area contributed by atoms with Gasteiger partial charge in [-0.2, -0.15) is 4.74 Å². The van der Waals surface area contributed by atoms with Gasteiger partial charge in [0.15, 0.2) is 5.58 Å². The summed E-state index contributed by atoms with van der Waals surface area (Å²) in [4.78, 5) is 23.9. The van der Waals surface area contributed by atoms with Crippen LogP contribution in [0.3, 0.4) is 0 Å². The molecule has 0 atom stereocenters. The average molecular weight is 303 g/mol. The van der Waals surface area contributed by atoms with Crippen LogP contribution in [0.5, 0.6) is 5.75 Å². The zero-order valence-corrected chi connectivity index (χ0v) is 12.0. The largest absolute Gasteiger partial charge is 0.497 e. The Morgan fingerprint density at radius 3 is 2.82 bits per heavy atom. The quantitative estimate of drug-likeness (QED) is 0.686. The maximum absolute atomic E-state index is 12.3. The van der Waals surface area contributed by atoms with Crippen LogP contribution >= 0.6 is 0 Å². The van der Waals surface area contributed by atoms with Gasteiger partial charge in [0.05, 0.1) is 25.9 Å². The van der Waals surface area contributed by atoms with Gasteiger partial charge in [0.1, 0.15) is 23.6 Å². The SMILES string of the molecule is COC(=O)c1ccoc1Cn1oc2cc(OC)ccc2c1=O. The van der Waals surface area contributed by atoms with E-state index in [4.69, 9.17) is 13.7 Å². The molecule has 0 aliphatic rings. The molecule has 0 saturated heterocycles. The van der Waals surface area contributed by atoms with Crippen molar-refractivity contribution in [1.29, 1.82) is 0 Å². The molecule has 2 aromatic heterocycles. The van der Waals surface area contributed by atoms with E-state index in [0.29, 0.717) is 22.5 Å². The fraction of sp³-hybridized carbons (Fsp3) is 0.200. The minimum Gasteiger partial charge on any atom is -0.497 e. The van der Waals surface area contributed by atoms with Crippen LogP contribution in [-0.4, -0.2) is 24.9 Å². The summed E-state index contributed by atoms with van der Waals surface area (Å²) in [5.74, 6) is 0.344. The number of aromatic nitrogens is 1. The lowest BCUT2D eigenvalue weighted by atomic mass is 10.2. The molecule has 0 radical (unpaired) electrons. The van der Waals surface area contributed by atoms with Crippen molar-refractivity contribution in [3.63, 3.8) is 0 Å². The van der Waals surface area contributed by atoms with Crippen LogP contribution in [0.1, 0.15) is 16.1 Å². The second-order valence-electron chi connectivity index (χ2n) is 4.54. The molecule has 0 aliphatic heterocycles. The first-order valence-electron chi connectivity index (χ1n) is 6.46. The van der Waals surface area contributed by atoms with Crippen molar-refractivity contribution < 1.29 is 23.2 Å². The zero-order chi connectivity index (χ0) is 15.7. The van der Waals surface area contributed by atoms with Crippen LogP contribution < -0.4 is 10.3 Å². The van der Waals surface area contributed by atoms with Gasteiger partial charge < -0.3 is 18.4 Å². The van der Waals surface area contributed by atoms with E-state index < -0.39 is 5.97 Å². The molecule has 0 spiro atoms. The second kappa shape index (κ2) is 5.44. The Morgan fingerprint density at radius 2 is 2.09 bits per heavy atom. The Hall–Kier alpha value is -2.96. The summed E-state index contributed by atoms with van der Waals surface area (Å²) in [6, 6.07) is 6.41. The third kappa shape index (κ3) is 2.26. The number of nitrogens with zero attached hydrogens (tertiary/aromatic N) is 1. The lowest BCUT2D eigenvalue weighted by molar-refractivity contribution is 0.0597. The Labute approximate surface area is 124 Å². The van der Waals surface area contributed by atoms with E-state index in [-0.39, 0.29) is 17.7 Å². The third-order valence-electron chi connectivity index (χ3n) is 3.29. The van der Waals surface area contributed by atoms with E-state index in [0.717, 1.165) is 4.74 Å². The summed E-state index contributed by atoms with van der Waals surface area (Å²) in [6.45, 7) is -0.00668. The normalized spacial score (nSPS) is 10.8. The molecular formula is C15H13NO6. The Morgan fingerprint density at radius 1 is 1.27 bits per heavy atom. The fourth-order valence-corrected chi connectivity index (χ4v) is 2.17. The van der Waals surface area contributed by atoms with Crippen LogP contribution in [0, 0.1) is 0 Å². The minimum atomic E-state index is -0.533. The van der Waals surface area contributed by atoms with Crippen molar-refractivity contribution in [1.82, 2.24) is 4.74 Å². The number of esters is 1. The number of methoxy groups -OCH3 is 2.